The Morgan fingerprint density at radius 2 is 1.88 bits per heavy atom. The second kappa shape index (κ2) is 8.69. The van der Waals surface area contributed by atoms with Crippen LogP contribution in [0, 0.1) is 17.2 Å². The Bertz CT molecular complexity index is 752. The van der Waals surface area contributed by atoms with Crippen molar-refractivity contribution in [3.8, 4) is 11.8 Å². The molecule has 0 aliphatic carbocycles. The monoisotopic (exact) mass is 319 g/mol. The highest BCUT2D eigenvalue weighted by Gasteiger charge is 2.04. The molecule has 24 heavy (non-hydrogen) atoms. The smallest absolute Gasteiger partial charge is 0.185 e. The van der Waals surface area contributed by atoms with Crippen molar-refractivity contribution in [2.45, 2.75) is 20.3 Å². The third-order valence-corrected chi connectivity index (χ3v) is 3.51. The van der Waals surface area contributed by atoms with Crippen LogP contribution in [0.2, 0.25) is 0 Å². The minimum absolute atomic E-state index is 0.0177. The zero-order valence-corrected chi connectivity index (χ0v) is 14.0. The maximum atomic E-state index is 12.3. The molecule has 0 saturated carbocycles. The molecular weight excluding hydrogens is 298 g/mol. The Balaban J connectivity index is 2.09. The van der Waals surface area contributed by atoms with Gasteiger partial charge in [0.15, 0.2) is 12.4 Å². The molecule has 0 N–H and O–H groups in total. The van der Waals surface area contributed by atoms with Gasteiger partial charge in [0.1, 0.15) is 11.8 Å². The number of carbonyl (C=O) groups excluding carboxylic acids is 1. The standard InChI is InChI=1S/C21H21NO2/c1-16(2)15-17-7-9-18(10-8-17)20(23)12-11-19-5-3-4-6-21(19)24-14-13-22/h3-12,16H,14-15H2,1-2H3/b12-11+. The van der Waals surface area contributed by atoms with Crippen LogP contribution in [0.5, 0.6) is 5.75 Å². The van der Waals surface area contributed by atoms with Crippen molar-refractivity contribution < 1.29 is 9.53 Å². The highest BCUT2D eigenvalue weighted by atomic mass is 16.5. The lowest BCUT2D eigenvalue weighted by Gasteiger charge is -2.06. The molecule has 0 bridgehead atoms. The Labute approximate surface area is 143 Å². The van der Waals surface area contributed by atoms with Gasteiger partial charge in [-0.1, -0.05) is 56.3 Å². The zero-order valence-electron chi connectivity index (χ0n) is 14.0. The Morgan fingerprint density at radius 1 is 1.17 bits per heavy atom. The van der Waals surface area contributed by atoms with Crippen LogP contribution in [0.4, 0.5) is 0 Å². The molecule has 0 spiro atoms. The topological polar surface area (TPSA) is 50.1 Å². The van der Waals surface area contributed by atoms with Crippen LogP contribution in [0.15, 0.2) is 54.6 Å². The van der Waals surface area contributed by atoms with Crippen molar-refractivity contribution in [1.82, 2.24) is 0 Å². The number of carbonyl (C=O) groups is 1. The third kappa shape index (κ3) is 5.10. The first-order valence-electron chi connectivity index (χ1n) is 8.00. The molecule has 122 valence electrons. The van der Waals surface area contributed by atoms with E-state index in [1.807, 2.05) is 48.5 Å². The van der Waals surface area contributed by atoms with Gasteiger partial charge >= 0.3 is 0 Å². The van der Waals surface area contributed by atoms with E-state index in [2.05, 4.69) is 13.8 Å². The van der Waals surface area contributed by atoms with Crippen LogP contribution in [0.1, 0.15) is 35.3 Å². The van der Waals surface area contributed by atoms with Gasteiger partial charge in [-0.15, -0.1) is 0 Å². The maximum Gasteiger partial charge on any atom is 0.185 e. The van der Waals surface area contributed by atoms with E-state index in [1.165, 1.54) is 11.6 Å². The van der Waals surface area contributed by atoms with Gasteiger partial charge < -0.3 is 4.74 Å². The van der Waals surface area contributed by atoms with Crippen molar-refractivity contribution in [2.24, 2.45) is 5.92 Å². The summed E-state index contributed by atoms with van der Waals surface area (Å²) in [4.78, 5) is 12.3. The van der Waals surface area contributed by atoms with Gasteiger partial charge in [-0.3, -0.25) is 4.79 Å². The molecule has 2 aromatic rings. The first-order chi connectivity index (χ1) is 11.6. The maximum absolute atomic E-state index is 12.3. The highest BCUT2D eigenvalue weighted by molar-refractivity contribution is 6.06. The molecule has 0 radical (unpaired) electrons. The van der Waals surface area contributed by atoms with E-state index < -0.39 is 0 Å². The molecule has 0 aliphatic rings. The van der Waals surface area contributed by atoms with E-state index in [9.17, 15) is 4.79 Å². The van der Waals surface area contributed by atoms with Gasteiger partial charge in [-0.2, -0.15) is 5.26 Å². The molecular formula is C21H21NO2. The fourth-order valence-electron chi connectivity index (χ4n) is 2.40. The van der Waals surface area contributed by atoms with Gasteiger partial charge in [0.2, 0.25) is 0 Å². The van der Waals surface area contributed by atoms with Crippen molar-refractivity contribution in [3.63, 3.8) is 0 Å². The number of hydrogen-bond acceptors (Lipinski definition) is 3. The van der Waals surface area contributed by atoms with E-state index >= 15 is 0 Å². The number of hydrogen-bond donors (Lipinski definition) is 0. The van der Waals surface area contributed by atoms with Crippen molar-refractivity contribution in [1.29, 1.82) is 5.26 Å². The summed E-state index contributed by atoms with van der Waals surface area (Å²) in [6.45, 7) is 4.33. The van der Waals surface area contributed by atoms with E-state index in [4.69, 9.17) is 10.00 Å². The molecule has 0 aliphatic heterocycles. The molecule has 0 fully saturated rings. The summed E-state index contributed by atoms with van der Waals surface area (Å²) in [7, 11) is 0. The van der Waals surface area contributed by atoms with Gasteiger partial charge in [-0.25, -0.2) is 0 Å². The second-order valence-electron chi connectivity index (χ2n) is 5.98. The summed E-state index contributed by atoms with van der Waals surface area (Å²) in [5, 5.41) is 8.62. The summed E-state index contributed by atoms with van der Waals surface area (Å²) in [6.07, 6.45) is 4.26. The van der Waals surface area contributed by atoms with Crippen molar-refractivity contribution >= 4 is 11.9 Å². The number of para-hydroxylation sites is 1. The molecule has 2 aromatic carbocycles. The second-order valence-corrected chi connectivity index (χ2v) is 5.98. The number of allylic oxidation sites excluding steroid dienone is 1. The summed E-state index contributed by atoms with van der Waals surface area (Å²) in [6, 6.07) is 17.0. The predicted octanol–water partition coefficient (Wildman–Crippen LogP) is 4.68. The minimum atomic E-state index is -0.0545. The fraction of sp³-hybridized carbons (Fsp3) is 0.238. The normalized spacial score (nSPS) is 10.8. The van der Waals surface area contributed by atoms with E-state index in [-0.39, 0.29) is 12.4 Å². The first-order valence-corrected chi connectivity index (χ1v) is 8.00. The number of ketones is 1. The lowest BCUT2D eigenvalue weighted by atomic mass is 10.0. The number of rotatable bonds is 7. The van der Waals surface area contributed by atoms with Crippen molar-refractivity contribution in [2.75, 3.05) is 6.61 Å². The van der Waals surface area contributed by atoms with Crippen LogP contribution >= 0.6 is 0 Å². The lowest BCUT2D eigenvalue weighted by Crippen LogP contribution is -1.98. The zero-order chi connectivity index (χ0) is 17.4. The van der Waals surface area contributed by atoms with Crippen LogP contribution in [0.25, 0.3) is 6.08 Å². The number of benzene rings is 2. The summed E-state index contributed by atoms with van der Waals surface area (Å²) in [5.74, 6) is 1.13. The molecule has 0 amide bonds. The Kier molecular flexibility index (Phi) is 6.33. The summed E-state index contributed by atoms with van der Waals surface area (Å²) >= 11 is 0. The minimum Gasteiger partial charge on any atom is -0.478 e. The largest absolute Gasteiger partial charge is 0.478 e. The molecule has 3 nitrogen and oxygen atoms in total. The molecule has 3 heteroatoms. The number of nitrogens with zero attached hydrogens (tertiary/aromatic N) is 1. The predicted molar refractivity (Wildman–Crippen MR) is 95.9 cm³/mol. The molecule has 0 unspecified atom stereocenters. The average molecular weight is 319 g/mol. The molecule has 0 atom stereocenters. The lowest BCUT2D eigenvalue weighted by molar-refractivity contribution is 0.104. The first kappa shape index (κ1) is 17.5. The van der Waals surface area contributed by atoms with Gasteiger partial charge in [0.05, 0.1) is 0 Å². The van der Waals surface area contributed by atoms with E-state index in [1.54, 1.807) is 12.1 Å². The van der Waals surface area contributed by atoms with Gasteiger partial charge in [-0.05, 0) is 36.1 Å². The highest BCUT2D eigenvalue weighted by Crippen LogP contribution is 2.20. The Hall–Kier alpha value is -2.86. The van der Waals surface area contributed by atoms with E-state index in [0.717, 1.165) is 12.0 Å². The van der Waals surface area contributed by atoms with Crippen LogP contribution in [0.3, 0.4) is 0 Å². The third-order valence-electron chi connectivity index (χ3n) is 3.51. The van der Waals surface area contributed by atoms with Crippen molar-refractivity contribution in [3.05, 3.63) is 71.3 Å². The average Bonchev–Trinajstić information content (AvgIpc) is 2.58. The number of ether oxygens (including phenoxy) is 1. The SMILES string of the molecule is CC(C)Cc1ccc(C(=O)/C=C/c2ccccc2OCC#N)cc1. The molecule has 0 saturated heterocycles. The summed E-state index contributed by atoms with van der Waals surface area (Å²) < 4.78 is 5.35. The summed E-state index contributed by atoms with van der Waals surface area (Å²) in [5.41, 5.74) is 2.67. The van der Waals surface area contributed by atoms with Crippen LogP contribution < -0.4 is 4.74 Å². The molecule has 0 aromatic heterocycles. The van der Waals surface area contributed by atoms with Gasteiger partial charge in [0.25, 0.3) is 0 Å². The molecule has 2 rings (SSSR count). The number of nitriles is 1. The quantitative estimate of drug-likeness (QED) is 0.550. The van der Waals surface area contributed by atoms with Gasteiger partial charge in [0, 0.05) is 11.1 Å². The van der Waals surface area contributed by atoms with Crippen LogP contribution in [-0.4, -0.2) is 12.4 Å². The Morgan fingerprint density at radius 3 is 2.54 bits per heavy atom. The molecule has 0 heterocycles. The van der Waals surface area contributed by atoms with Crippen LogP contribution in [-0.2, 0) is 6.42 Å². The fourth-order valence-corrected chi connectivity index (χ4v) is 2.40. The van der Waals surface area contributed by atoms with E-state index in [0.29, 0.717) is 17.2 Å².